The molecule has 0 aliphatic heterocycles. The number of anilines is 2. The molecule has 5 nitrogen and oxygen atoms in total. The Hall–Kier alpha value is -3.35. The van der Waals surface area contributed by atoms with E-state index in [1.54, 1.807) is 30.3 Å². The number of hydrogen-bond acceptors (Lipinski definition) is 4. The van der Waals surface area contributed by atoms with Gasteiger partial charge in [0, 0.05) is 22.7 Å². The molecule has 7 heteroatoms. The second kappa shape index (κ2) is 6.51. The van der Waals surface area contributed by atoms with Gasteiger partial charge in [0.2, 0.25) is 0 Å². The third-order valence-corrected chi connectivity index (χ3v) is 4.03. The molecule has 0 fully saturated rings. The van der Waals surface area contributed by atoms with Crippen molar-refractivity contribution in [2.75, 3.05) is 5.32 Å². The molecule has 26 heavy (non-hydrogen) atoms. The highest BCUT2D eigenvalue weighted by atomic mass is 19.1. The third-order valence-electron chi connectivity index (χ3n) is 4.03. The molecule has 4 aromatic rings. The molecular weight excluding hydrogens is 336 g/mol. The summed E-state index contributed by atoms with van der Waals surface area (Å²) >= 11 is 0. The lowest BCUT2D eigenvalue weighted by atomic mass is 10.1. The molecule has 0 saturated carbocycles. The fraction of sp³-hybridized carbons (Fsp3) is 0.105. The summed E-state index contributed by atoms with van der Waals surface area (Å²) < 4.78 is 26.8. The topological polar surface area (TPSA) is 66.5 Å². The van der Waals surface area contributed by atoms with Crippen molar-refractivity contribution in [3.05, 3.63) is 65.6 Å². The van der Waals surface area contributed by atoms with E-state index in [2.05, 4.69) is 25.5 Å². The molecule has 2 aromatic carbocycles. The average Bonchev–Trinajstić information content (AvgIpc) is 3.03. The van der Waals surface area contributed by atoms with Crippen molar-refractivity contribution in [1.82, 2.24) is 20.2 Å². The lowest BCUT2D eigenvalue weighted by Gasteiger charge is -2.09. The molecule has 2 aromatic heterocycles. The van der Waals surface area contributed by atoms with Gasteiger partial charge in [0.1, 0.15) is 18.3 Å². The number of benzene rings is 2. The van der Waals surface area contributed by atoms with Gasteiger partial charge in [0.25, 0.3) is 0 Å². The van der Waals surface area contributed by atoms with Crippen LogP contribution in [0.4, 0.5) is 20.4 Å². The van der Waals surface area contributed by atoms with Crippen molar-refractivity contribution in [3.63, 3.8) is 0 Å². The number of nitrogens with zero attached hydrogens (tertiary/aromatic N) is 3. The van der Waals surface area contributed by atoms with E-state index in [4.69, 9.17) is 0 Å². The molecule has 2 heterocycles. The number of nitrogens with one attached hydrogen (secondary N) is 2. The molecule has 0 saturated heterocycles. The van der Waals surface area contributed by atoms with Crippen LogP contribution in [0.1, 0.15) is 11.3 Å². The zero-order valence-electron chi connectivity index (χ0n) is 13.9. The number of hydrogen-bond donors (Lipinski definition) is 2. The van der Waals surface area contributed by atoms with Gasteiger partial charge in [-0.15, -0.1) is 0 Å². The summed E-state index contributed by atoms with van der Waals surface area (Å²) in [7, 11) is 0. The number of alkyl halides is 1. The molecule has 0 atom stereocenters. The van der Waals surface area contributed by atoms with Crippen LogP contribution in [-0.2, 0) is 6.67 Å². The van der Waals surface area contributed by atoms with Crippen LogP contribution in [0.2, 0.25) is 0 Å². The van der Waals surface area contributed by atoms with Gasteiger partial charge < -0.3 is 5.32 Å². The van der Waals surface area contributed by atoms with E-state index < -0.39 is 6.67 Å². The predicted octanol–water partition coefficient (Wildman–Crippen LogP) is 4.68. The van der Waals surface area contributed by atoms with Gasteiger partial charge in [-0.2, -0.15) is 5.10 Å². The molecular formula is C19H15F2N5. The van der Waals surface area contributed by atoms with Crippen LogP contribution in [0.15, 0.2) is 48.5 Å². The molecule has 0 radical (unpaired) electrons. The maximum atomic E-state index is 13.5. The minimum atomic E-state index is -0.598. The summed E-state index contributed by atoms with van der Waals surface area (Å²) in [6.07, 6.45) is 0. The first-order chi connectivity index (χ1) is 12.6. The molecule has 2 N–H and O–H groups in total. The van der Waals surface area contributed by atoms with Gasteiger partial charge in [-0.1, -0.05) is 24.3 Å². The lowest BCUT2D eigenvalue weighted by Crippen LogP contribution is -2.01. The predicted molar refractivity (Wildman–Crippen MR) is 96.4 cm³/mol. The number of fused-ring (bicyclic) bond motifs is 1. The Bertz CT molecular complexity index is 1090. The lowest BCUT2D eigenvalue weighted by molar-refractivity contribution is 0.486. The maximum absolute atomic E-state index is 13.5. The number of aryl methyl sites for hydroxylation is 1. The van der Waals surface area contributed by atoms with Crippen LogP contribution in [0.3, 0.4) is 0 Å². The van der Waals surface area contributed by atoms with E-state index in [-0.39, 0.29) is 5.82 Å². The number of rotatable bonds is 4. The number of aromatic nitrogens is 4. The zero-order valence-corrected chi connectivity index (χ0v) is 13.9. The molecule has 0 spiro atoms. The Balaban J connectivity index is 1.75. The largest absolute Gasteiger partial charge is 0.323 e. The van der Waals surface area contributed by atoms with Crippen molar-refractivity contribution in [2.45, 2.75) is 13.6 Å². The molecule has 0 unspecified atom stereocenters. The summed E-state index contributed by atoms with van der Waals surface area (Å²) in [5.74, 6) is 1.03. The number of halogens is 2. The molecule has 0 bridgehead atoms. The number of aromatic amines is 1. The van der Waals surface area contributed by atoms with Gasteiger partial charge in [-0.3, -0.25) is 5.10 Å². The molecule has 4 rings (SSSR count). The van der Waals surface area contributed by atoms with Crippen LogP contribution in [0, 0.1) is 12.7 Å². The minimum absolute atomic E-state index is 0.349. The molecule has 130 valence electrons. The summed E-state index contributed by atoms with van der Waals surface area (Å²) in [6.45, 7) is 1.23. The average molecular weight is 351 g/mol. The van der Waals surface area contributed by atoms with Gasteiger partial charge in [0.05, 0.1) is 5.52 Å². The summed E-state index contributed by atoms with van der Waals surface area (Å²) in [5, 5.41) is 10.7. The second-order valence-corrected chi connectivity index (χ2v) is 5.90. The Morgan fingerprint density at radius 2 is 1.92 bits per heavy atom. The standard InChI is InChI=1S/C19H15F2N5/c1-11-8-17(23-18(22-11)14-5-3-2-4-12(14)10-20)24-19-15-9-13(21)6-7-16(15)25-26-19/h2-9H,10H2,1H3,(H2,22,23,24,25,26). The van der Waals surface area contributed by atoms with Crippen molar-refractivity contribution in [3.8, 4) is 11.4 Å². The Kier molecular flexibility index (Phi) is 4.04. The Labute approximate surface area is 148 Å². The van der Waals surface area contributed by atoms with Crippen LogP contribution >= 0.6 is 0 Å². The van der Waals surface area contributed by atoms with Crippen molar-refractivity contribution in [1.29, 1.82) is 0 Å². The first kappa shape index (κ1) is 16.1. The smallest absolute Gasteiger partial charge is 0.162 e. The van der Waals surface area contributed by atoms with Crippen LogP contribution in [0.25, 0.3) is 22.3 Å². The zero-order chi connectivity index (χ0) is 18.1. The van der Waals surface area contributed by atoms with Crippen molar-refractivity contribution < 1.29 is 8.78 Å². The van der Waals surface area contributed by atoms with Gasteiger partial charge in [-0.25, -0.2) is 18.7 Å². The van der Waals surface area contributed by atoms with Crippen molar-refractivity contribution >= 4 is 22.5 Å². The van der Waals surface area contributed by atoms with E-state index >= 15 is 0 Å². The van der Waals surface area contributed by atoms with E-state index in [0.717, 1.165) is 5.69 Å². The molecule has 0 aliphatic rings. The van der Waals surface area contributed by atoms with E-state index in [1.165, 1.54) is 12.1 Å². The first-order valence-corrected chi connectivity index (χ1v) is 8.04. The Morgan fingerprint density at radius 3 is 2.77 bits per heavy atom. The molecule has 0 amide bonds. The first-order valence-electron chi connectivity index (χ1n) is 8.04. The van der Waals surface area contributed by atoms with Crippen LogP contribution in [-0.4, -0.2) is 20.2 Å². The van der Waals surface area contributed by atoms with E-state index in [1.807, 2.05) is 13.0 Å². The summed E-state index contributed by atoms with van der Waals surface area (Å²) in [6, 6.07) is 13.2. The maximum Gasteiger partial charge on any atom is 0.162 e. The van der Waals surface area contributed by atoms with Crippen molar-refractivity contribution in [2.24, 2.45) is 0 Å². The fourth-order valence-corrected chi connectivity index (χ4v) is 2.81. The van der Waals surface area contributed by atoms with Crippen LogP contribution in [0.5, 0.6) is 0 Å². The normalized spacial score (nSPS) is 11.0. The molecule has 0 aliphatic carbocycles. The highest BCUT2D eigenvalue weighted by Crippen LogP contribution is 2.27. The third kappa shape index (κ3) is 2.99. The second-order valence-electron chi connectivity index (χ2n) is 5.90. The summed E-state index contributed by atoms with van der Waals surface area (Å²) in [4.78, 5) is 8.89. The van der Waals surface area contributed by atoms with E-state index in [9.17, 15) is 8.78 Å². The monoisotopic (exact) mass is 351 g/mol. The number of H-pyrrole nitrogens is 1. The van der Waals surface area contributed by atoms with Gasteiger partial charge >= 0.3 is 0 Å². The fourth-order valence-electron chi connectivity index (χ4n) is 2.81. The quantitative estimate of drug-likeness (QED) is 0.560. The van der Waals surface area contributed by atoms with Crippen LogP contribution < -0.4 is 5.32 Å². The highest BCUT2D eigenvalue weighted by molar-refractivity contribution is 5.91. The Morgan fingerprint density at radius 1 is 1.08 bits per heavy atom. The highest BCUT2D eigenvalue weighted by Gasteiger charge is 2.12. The van der Waals surface area contributed by atoms with Gasteiger partial charge in [-0.05, 0) is 30.7 Å². The van der Waals surface area contributed by atoms with E-state index in [0.29, 0.717) is 39.5 Å². The van der Waals surface area contributed by atoms with Gasteiger partial charge in [0.15, 0.2) is 11.6 Å². The minimum Gasteiger partial charge on any atom is -0.323 e. The summed E-state index contributed by atoms with van der Waals surface area (Å²) in [5.41, 5.74) is 2.59. The SMILES string of the molecule is Cc1cc(Nc2n[nH]c3ccc(F)cc23)nc(-c2ccccc2CF)n1.